The van der Waals surface area contributed by atoms with Crippen LogP contribution in [-0.4, -0.2) is 30.6 Å². The van der Waals surface area contributed by atoms with Gasteiger partial charge in [0.1, 0.15) is 0 Å². The van der Waals surface area contributed by atoms with Crippen molar-refractivity contribution >= 4 is 11.6 Å². The van der Waals surface area contributed by atoms with E-state index in [-0.39, 0.29) is 12.5 Å². The molecule has 0 radical (unpaired) electrons. The topological polar surface area (TPSA) is 98.2 Å². The molecule has 0 aliphatic heterocycles. The van der Waals surface area contributed by atoms with Crippen LogP contribution < -0.4 is 5.32 Å². The van der Waals surface area contributed by atoms with Crippen LogP contribution in [-0.2, 0) is 13.0 Å². The summed E-state index contributed by atoms with van der Waals surface area (Å²) < 4.78 is 7.19. The fourth-order valence-electron chi connectivity index (χ4n) is 3.02. The molecule has 0 bridgehead atoms. The van der Waals surface area contributed by atoms with Gasteiger partial charge in [-0.05, 0) is 37.1 Å². The molecule has 0 saturated carbocycles. The van der Waals surface area contributed by atoms with Crippen molar-refractivity contribution < 1.29 is 9.32 Å². The smallest absolute Gasteiger partial charge is 0.261 e. The zero-order chi connectivity index (χ0) is 19.5. The number of hydrogen-bond donors (Lipinski definition) is 1. The Morgan fingerprint density at radius 2 is 2.04 bits per heavy atom. The number of pyridine rings is 1. The third-order valence-electron chi connectivity index (χ3n) is 4.47. The minimum absolute atomic E-state index is 0.146. The summed E-state index contributed by atoms with van der Waals surface area (Å²) in [6.45, 7) is 4.22. The first-order valence-corrected chi connectivity index (χ1v) is 9.16. The van der Waals surface area contributed by atoms with Crippen molar-refractivity contribution in [3.8, 4) is 11.5 Å². The molecule has 0 saturated heterocycles. The van der Waals surface area contributed by atoms with Crippen molar-refractivity contribution in [2.75, 3.05) is 0 Å². The number of nitrogens with one attached hydrogen (secondary N) is 1. The molecule has 0 aliphatic rings. The molecular formula is C20H20N6O2. The van der Waals surface area contributed by atoms with Gasteiger partial charge in [0.05, 0.1) is 12.1 Å². The molecule has 0 aliphatic carbocycles. The summed E-state index contributed by atoms with van der Waals surface area (Å²) in [5, 5.41) is 15.4. The minimum atomic E-state index is -0.146. The first-order valence-electron chi connectivity index (χ1n) is 9.16. The zero-order valence-corrected chi connectivity index (χ0v) is 15.7. The molecule has 3 aromatic heterocycles. The van der Waals surface area contributed by atoms with Crippen LogP contribution in [0.2, 0.25) is 0 Å². The Bertz CT molecular complexity index is 1130. The van der Waals surface area contributed by atoms with E-state index in [1.54, 1.807) is 6.07 Å². The first kappa shape index (κ1) is 17.8. The lowest BCUT2D eigenvalue weighted by Crippen LogP contribution is -2.24. The highest BCUT2D eigenvalue weighted by Gasteiger charge is 2.16. The maximum absolute atomic E-state index is 12.4. The van der Waals surface area contributed by atoms with E-state index in [1.165, 1.54) is 0 Å². The summed E-state index contributed by atoms with van der Waals surface area (Å²) in [5.74, 6) is 1.56. The van der Waals surface area contributed by atoms with Crippen molar-refractivity contribution in [2.24, 2.45) is 0 Å². The number of aryl methyl sites for hydroxylation is 2. The summed E-state index contributed by atoms with van der Waals surface area (Å²) in [6.07, 6.45) is 3.55. The molecule has 1 N–H and O–H groups in total. The highest BCUT2D eigenvalue weighted by molar-refractivity contribution is 5.95. The Hall–Kier alpha value is -3.55. The molecule has 0 fully saturated rings. The molecule has 142 valence electrons. The van der Waals surface area contributed by atoms with Crippen LogP contribution in [0.5, 0.6) is 0 Å². The predicted molar refractivity (Wildman–Crippen MR) is 103 cm³/mol. The van der Waals surface area contributed by atoms with Crippen molar-refractivity contribution in [3.63, 3.8) is 0 Å². The monoisotopic (exact) mass is 376 g/mol. The van der Waals surface area contributed by atoms with Crippen LogP contribution in [0.15, 0.2) is 47.1 Å². The number of rotatable bonds is 6. The highest BCUT2D eigenvalue weighted by Crippen LogP contribution is 2.22. The van der Waals surface area contributed by atoms with Gasteiger partial charge in [-0.15, -0.1) is 10.2 Å². The number of hydrogen-bond acceptors (Lipinski definition) is 6. The van der Waals surface area contributed by atoms with Gasteiger partial charge in [-0.25, -0.2) is 0 Å². The Balaban J connectivity index is 1.58. The van der Waals surface area contributed by atoms with Crippen LogP contribution in [0.25, 0.3) is 17.1 Å². The molecule has 0 spiro atoms. The van der Waals surface area contributed by atoms with Gasteiger partial charge in [-0.2, -0.15) is 4.98 Å². The number of benzene rings is 1. The standard InChI is InChI=1S/C20H20N6O2/c1-3-7-16-22-20(28-25-16)15-10-6-11-26-17(23-24-18(15)26)12-21-19(27)14-9-5-4-8-13(14)2/h4-6,8-11H,3,7,12H2,1-2H3,(H,21,27). The Morgan fingerprint density at radius 3 is 2.86 bits per heavy atom. The number of amides is 1. The number of carbonyl (C=O) groups excluding carboxylic acids is 1. The summed E-state index contributed by atoms with van der Waals surface area (Å²) >= 11 is 0. The van der Waals surface area contributed by atoms with Crippen molar-refractivity contribution in [1.29, 1.82) is 0 Å². The summed E-state index contributed by atoms with van der Waals surface area (Å²) in [6, 6.07) is 11.2. The quantitative estimate of drug-likeness (QED) is 0.555. The van der Waals surface area contributed by atoms with Crippen molar-refractivity contribution in [2.45, 2.75) is 33.2 Å². The van der Waals surface area contributed by atoms with Gasteiger partial charge in [0.15, 0.2) is 17.3 Å². The van der Waals surface area contributed by atoms with Crippen molar-refractivity contribution in [3.05, 3.63) is 65.4 Å². The normalized spacial score (nSPS) is 11.1. The summed E-state index contributed by atoms with van der Waals surface area (Å²) in [7, 11) is 0. The van der Waals surface area contributed by atoms with E-state index in [2.05, 4.69) is 32.6 Å². The van der Waals surface area contributed by atoms with Crippen LogP contribution in [0.1, 0.15) is 40.9 Å². The second-order valence-corrected chi connectivity index (χ2v) is 6.50. The van der Waals surface area contributed by atoms with Gasteiger partial charge in [0, 0.05) is 18.2 Å². The molecule has 4 rings (SSSR count). The van der Waals surface area contributed by atoms with E-state index >= 15 is 0 Å². The highest BCUT2D eigenvalue weighted by atomic mass is 16.5. The molecule has 3 heterocycles. The van der Waals surface area contributed by atoms with E-state index in [0.29, 0.717) is 34.3 Å². The summed E-state index contributed by atoms with van der Waals surface area (Å²) in [4.78, 5) is 16.9. The van der Waals surface area contributed by atoms with E-state index < -0.39 is 0 Å². The lowest BCUT2D eigenvalue weighted by molar-refractivity contribution is 0.0949. The lowest BCUT2D eigenvalue weighted by Gasteiger charge is -2.07. The largest absolute Gasteiger partial charge is 0.345 e. The maximum Gasteiger partial charge on any atom is 0.261 e. The average Bonchev–Trinajstić information content (AvgIpc) is 3.34. The van der Waals surface area contributed by atoms with Gasteiger partial charge >= 0.3 is 0 Å². The predicted octanol–water partition coefficient (Wildman–Crippen LogP) is 2.97. The molecule has 4 aromatic rings. The second-order valence-electron chi connectivity index (χ2n) is 6.50. The van der Waals surface area contributed by atoms with Crippen LogP contribution >= 0.6 is 0 Å². The number of fused-ring (bicyclic) bond motifs is 1. The van der Waals surface area contributed by atoms with Gasteiger partial charge in [0.25, 0.3) is 11.8 Å². The molecule has 1 amide bonds. The van der Waals surface area contributed by atoms with Gasteiger partial charge < -0.3 is 9.84 Å². The Kier molecular flexibility index (Phi) is 4.84. The second kappa shape index (κ2) is 7.59. The van der Waals surface area contributed by atoms with E-state index in [4.69, 9.17) is 4.52 Å². The summed E-state index contributed by atoms with van der Waals surface area (Å²) in [5.41, 5.74) is 2.88. The molecule has 0 unspecified atom stereocenters. The number of carbonyl (C=O) groups is 1. The van der Waals surface area contributed by atoms with E-state index in [0.717, 1.165) is 18.4 Å². The molecule has 1 aromatic carbocycles. The zero-order valence-electron chi connectivity index (χ0n) is 15.7. The third kappa shape index (κ3) is 3.36. The molecular weight excluding hydrogens is 356 g/mol. The molecule has 8 nitrogen and oxygen atoms in total. The first-order chi connectivity index (χ1) is 13.7. The molecule has 8 heteroatoms. The van der Waals surface area contributed by atoms with Crippen LogP contribution in [0.4, 0.5) is 0 Å². The third-order valence-corrected chi connectivity index (χ3v) is 4.47. The fraction of sp³-hybridized carbons (Fsp3) is 0.250. The average molecular weight is 376 g/mol. The molecule has 28 heavy (non-hydrogen) atoms. The van der Waals surface area contributed by atoms with E-state index in [9.17, 15) is 4.79 Å². The SMILES string of the molecule is CCCc1noc(-c2cccn3c(CNC(=O)c4ccccc4C)nnc23)n1. The minimum Gasteiger partial charge on any atom is -0.345 e. The number of aromatic nitrogens is 5. The van der Waals surface area contributed by atoms with E-state index in [1.807, 2.05) is 47.9 Å². The van der Waals surface area contributed by atoms with Crippen molar-refractivity contribution in [1.82, 2.24) is 30.1 Å². The fourth-order valence-corrected chi connectivity index (χ4v) is 3.02. The Morgan fingerprint density at radius 1 is 1.18 bits per heavy atom. The van der Waals surface area contributed by atoms with Gasteiger partial charge in [-0.3, -0.25) is 9.20 Å². The molecule has 0 atom stereocenters. The van der Waals surface area contributed by atoms with Gasteiger partial charge in [-0.1, -0.05) is 30.3 Å². The van der Waals surface area contributed by atoms with Crippen LogP contribution in [0.3, 0.4) is 0 Å². The Labute approximate surface area is 161 Å². The number of nitrogens with zero attached hydrogens (tertiary/aromatic N) is 5. The lowest BCUT2D eigenvalue weighted by atomic mass is 10.1. The van der Waals surface area contributed by atoms with Crippen LogP contribution in [0, 0.1) is 6.92 Å². The van der Waals surface area contributed by atoms with Gasteiger partial charge in [0.2, 0.25) is 0 Å². The maximum atomic E-state index is 12.4.